The molecular formula is C15H26O3. The molecule has 0 aromatic heterocycles. The van der Waals surface area contributed by atoms with Gasteiger partial charge in [-0.1, -0.05) is 18.6 Å². The SMILES string of the molecule is CCOC(=O)CCC(C=O)C(C)CCC=C(C)C. The van der Waals surface area contributed by atoms with E-state index in [0.29, 0.717) is 25.4 Å². The number of aldehydes is 1. The molecule has 0 saturated carbocycles. The molecule has 0 heterocycles. The topological polar surface area (TPSA) is 43.4 Å². The fraction of sp³-hybridized carbons (Fsp3) is 0.733. The van der Waals surface area contributed by atoms with Gasteiger partial charge in [0.05, 0.1) is 6.61 Å². The van der Waals surface area contributed by atoms with E-state index in [1.807, 2.05) is 0 Å². The Morgan fingerprint density at radius 2 is 1.94 bits per heavy atom. The van der Waals surface area contributed by atoms with Crippen molar-refractivity contribution in [1.29, 1.82) is 0 Å². The van der Waals surface area contributed by atoms with Crippen LogP contribution in [0, 0.1) is 11.8 Å². The summed E-state index contributed by atoms with van der Waals surface area (Å²) >= 11 is 0. The number of ether oxygens (including phenoxy) is 1. The quantitative estimate of drug-likeness (QED) is 0.359. The summed E-state index contributed by atoms with van der Waals surface area (Å²) in [4.78, 5) is 22.3. The lowest BCUT2D eigenvalue weighted by Crippen LogP contribution is -2.16. The van der Waals surface area contributed by atoms with E-state index in [1.165, 1.54) is 5.57 Å². The zero-order chi connectivity index (χ0) is 14.0. The van der Waals surface area contributed by atoms with Crippen molar-refractivity contribution in [2.75, 3.05) is 6.61 Å². The summed E-state index contributed by atoms with van der Waals surface area (Å²) in [7, 11) is 0. The van der Waals surface area contributed by atoms with Crippen molar-refractivity contribution < 1.29 is 14.3 Å². The third-order valence-corrected chi connectivity index (χ3v) is 3.07. The maximum Gasteiger partial charge on any atom is 0.305 e. The van der Waals surface area contributed by atoms with Crippen LogP contribution in [0.15, 0.2) is 11.6 Å². The lowest BCUT2D eigenvalue weighted by molar-refractivity contribution is -0.143. The van der Waals surface area contributed by atoms with Crippen molar-refractivity contribution in [1.82, 2.24) is 0 Å². The fourth-order valence-corrected chi connectivity index (χ4v) is 1.85. The normalized spacial score (nSPS) is 13.6. The molecule has 0 bridgehead atoms. The van der Waals surface area contributed by atoms with Gasteiger partial charge in [-0.3, -0.25) is 4.79 Å². The second kappa shape index (κ2) is 9.86. The Morgan fingerprint density at radius 1 is 1.28 bits per heavy atom. The average molecular weight is 254 g/mol. The lowest BCUT2D eigenvalue weighted by atomic mass is 9.87. The van der Waals surface area contributed by atoms with E-state index in [9.17, 15) is 9.59 Å². The van der Waals surface area contributed by atoms with Gasteiger partial charge >= 0.3 is 5.97 Å². The van der Waals surface area contributed by atoms with Crippen LogP contribution >= 0.6 is 0 Å². The third-order valence-electron chi connectivity index (χ3n) is 3.07. The molecule has 0 aliphatic carbocycles. The Bertz CT molecular complexity index is 277. The number of hydrogen-bond donors (Lipinski definition) is 0. The van der Waals surface area contributed by atoms with Gasteiger partial charge in [-0.15, -0.1) is 0 Å². The molecule has 2 unspecified atom stereocenters. The van der Waals surface area contributed by atoms with Gasteiger partial charge in [-0.05, 0) is 46.0 Å². The van der Waals surface area contributed by atoms with Gasteiger partial charge < -0.3 is 9.53 Å². The van der Waals surface area contributed by atoms with Gasteiger partial charge in [0, 0.05) is 12.3 Å². The third kappa shape index (κ3) is 8.04. The van der Waals surface area contributed by atoms with Gasteiger partial charge in [-0.2, -0.15) is 0 Å². The molecule has 0 aliphatic rings. The molecule has 3 heteroatoms. The minimum atomic E-state index is -0.208. The van der Waals surface area contributed by atoms with Crippen molar-refractivity contribution >= 4 is 12.3 Å². The maximum atomic E-state index is 11.2. The summed E-state index contributed by atoms with van der Waals surface area (Å²) in [6.45, 7) is 8.41. The van der Waals surface area contributed by atoms with E-state index in [-0.39, 0.29) is 11.9 Å². The summed E-state index contributed by atoms with van der Waals surface area (Å²) < 4.78 is 4.86. The average Bonchev–Trinajstić information content (AvgIpc) is 2.29. The van der Waals surface area contributed by atoms with Crippen LogP contribution < -0.4 is 0 Å². The Hall–Kier alpha value is -1.12. The van der Waals surface area contributed by atoms with Gasteiger partial charge in [0.2, 0.25) is 0 Å². The molecule has 18 heavy (non-hydrogen) atoms. The Kier molecular flexibility index (Phi) is 9.25. The van der Waals surface area contributed by atoms with Crippen LogP contribution in [0.5, 0.6) is 0 Å². The smallest absolute Gasteiger partial charge is 0.305 e. The van der Waals surface area contributed by atoms with Crippen LogP contribution in [-0.4, -0.2) is 18.9 Å². The van der Waals surface area contributed by atoms with E-state index >= 15 is 0 Å². The van der Waals surface area contributed by atoms with Crippen molar-refractivity contribution in [3.05, 3.63) is 11.6 Å². The molecule has 2 atom stereocenters. The summed E-state index contributed by atoms with van der Waals surface area (Å²) in [6, 6.07) is 0. The van der Waals surface area contributed by atoms with Crippen LogP contribution in [0.25, 0.3) is 0 Å². The van der Waals surface area contributed by atoms with Crippen LogP contribution in [0.3, 0.4) is 0 Å². The second-order valence-electron chi connectivity index (χ2n) is 4.98. The highest BCUT2D eigenvalue weighted by molar-refractivity contribution is 5.70. The minimum absolute atomic E-state index is 0.0417. The second-order valence-corrected chi connectivity index (χ2v) is 4.98. The zero-order valence-electron chi connectivity index (χ0n) is 12.1. The maximum absolute atomic E-state index is 11.2. The number of carbonyl (C=O) groups is 2. The first-order valence-electron chi connectivity index (χ1n) is 6.75. The number of esters is 1. The number of allylic oxidation sites excluding steroid dienone is 2. The zero-order valence-corrected chi connectivity index (χ0v) is 12.1. The highest BCUT2D eigenvalue weighted by Crippen LogP contribution is 2.21. The summed E-state index contributed by atoms with van der Waals surface area (Å²) in [6.07, 6.45) is 6.07. The molecule has 104 valence electrons. The van der Waals surface area contributed by atoms with Gasteiger partial charge in [0.1, 0.15) is 6.29 Å². The Labute approximate surface area is 111 Å². The summed E-state index contributed by atoms with van der Waals surface area (Å²) in [5.41, 5.74) is 1.30. The number of hydrogen-bond acceptors (Lipinski definition) is 3. The molecule has 3 nitrogen and oxygen atoms in total. The molecule has 0 spiro atoms. The van der Waals surface area contributed by atoms with E-state index in [4.69, 9.17) is 4.74 Å². The molecule has 0 radical (unpaired) electrons. The lowest BCUT2D eigenvalue weighted by Gasteiger charge is -2.17. The van der Waals surface area contributed by atoms with Gasteiger partial charge in [0.15, 0.2) is 0 Å². The first-order chi connectivity index (χ1) is 8.51. The van der Waals surface area contributed by atoms with Crippen LogP contribution in [0.1, 0.15) is 53.4 Å². The predicted octanol–water partition coefficient (Wildman–Crippen LogP) is 3.53. The fourth-order valence-electron chi connectivity index (χ4n) is 1.85. The van der Waals surface area contributed by atoms with Crippen LogP contribution in [0.4, 0.5) is 0 Å². The van der Waals surface area contributed by atoms with Crippen molar-refractivity contribution in [2.45, 2.75) is 53.4 Å². The monoisotopic (exact) mass is 254 g/mol. The Morgan fingerprint density at radius 3 is 2.44 bits per heavy atom. The molecular weight excluding hydrogens is 228 g/mol. The van der Waals surface area contributed by atoms with E-state index in [2.05, 4.69) is 26.8 Å². The number of rotatable bonds is 9. The molecule has 0 aromatic carbocycles. The molecule has 0 fully saturated rings. The first-order valence-corrected chi connectivity index (χ1v) is 6.75. The van der Waals surface area contributed by atoms with Gasteiger partial charge in [-0.25, -0.2) is 0 Å². The van der Waals surface area contributed by atoms with E-state index in [0.717, 1.165) is 19.1 Å². The Balaban J connectivity index is 4.03. The highest BCUT2D eigenvalue weighted by Gasteiger charge is 2.17. The van der Waals surface area contributed by atoms with Gasteiger partial charge in [0.25, 0.3) is 0 Å². The van der Waals surface area contributed by atoms with E-state index < -0.39 is 0 Å². The molecule has 0 saturated heterocycles. The van der Waals surface area contributed by atoms with Crippen molar-refractivity contribution in [3.8, 4) is 0 Å². The molecule has 0 aliphatic heterocycles. The minimum Gasteiger partial charge on any atom is -0.466 e. The standard InChI is InChI=1S/C15H26O3/c1-5-18-15(17)10-9-14(11-16)13(4)8-6-7-12(2)3/h7,11,13-14H,5-6,8-10H2,1-4H3. The molecule has 0 rings (SSSR count). The van der Waals surface area contributed by atoms with Crippen molar-refractivity contribution in [2.24, 2.45) is 11.8 Å². The van der Waals surface area contributed by atoms with Crippen molar-refractivity contribution in [3.63, 3.8) is 0 Å². The summed E-state index contributed by atoms with van der Waals surface area (Å²) in [5, 5.41) is 0. The molecule has 0 aromatic rings. The van der Waals surface area contributed by atoms with Crippen LogP contribution in [0.2, 0.25) is 0 Å². The highest BCUT2D eigenvalue weighted by atomic mass is 16.5. The molecule has 0 N–H and O–H groups in total. The first kappa shape index (κ1) is 16.9. The number of carbonyl (C=O) groups excluding carboxylic acids is 2. The molecule has 0 amide bonds. The largest absolute Gasteiger partial charge is 0.466 e. The summed E-state index contributed by atoms with van der Waals surface area (Å²) in [5.74, 6) is 0.0633. The van der Waals surface area contributed by atoms with E-state index in [1.54, 1.807) is 6.92 Å². The predicted molar refractivity (Wildman–Crippen MR) is 73.3 cm³/mol. The van der Waals surface area contributed by atoms with Crippen LogP contribution in [-0.2, 0) is 14.3 Å².